The molecule has 2 rings (SSSR count). The quantitative estimate of drug-likeness (QED) is 0.760. The maximum atomic E-state index is 10.5. The summed E-state index contributed by atoms with van der Waals surface area (Å²) in [5, 5.41) is 15.0. The third-order valence-corrected chi connectivity index (χ3v) is 3.73. The van der Waals surface area contributed by atoms with E-state index in [1.54, 1.807) is 0 Å². The minimum Gasteiger partial charge on any atom is -0.465 e. The maximum Gasteiger partial charge on any atom is 0.405 e. The lowest BCUT2D eigenvalue weighted by Crippen LogP contribution is -2.20. The van der Waals surface area contributed by atoms with Crippen molar-refractivity contribution in [3.63, 3.8) is 0 Å². The number of likely N-dealkylation sites (N-methyl/N-ethyl adjacent to an activating group) is 1. The highest BCUT2D eigenvalue weighted by molar-refractivity contribution is 7.18. The first-order valence-electron chi connectivity index (χ1n) is 6.29. The second kappa shape index (κ2) is 6.53. The van der Waals surface area contributed by atoms with Crippen molar-refractivity contribution in [2.24, 2.45) is 0 Å². The van der Waals surface area contributed by atoms with Crippen LogP contribution in [0.1, 0.15) is 5.01 Å². The van der Waals surface area contributed by atoms with Crippen LogP contribution in [0.3, 0.4) is 0 Å². The van der Waals surface area contributed by atoms with Gasteiger partial charge >= 0.3 is 6.09 Å². The van der Waals surface area contributed by atoms with Crippen LogP contribution in [-0.2, 0) is 6.54 Å². The molecule has 1 aromatic carbocycles. The predicted molar refractivity (Wildman–Crippen MR) is 81.5 cm³/mol. The van der Waals surface area contributed by atoms with Gasteiger partial charge in [0.05, 0.1) is 16.8 Å². The lowest BCUT2D eigenvalue weighted by atomic mass is 10.3. The molecular formula is C13H18N4O2S. The average molecular weight is 294 g/mol. The van der Waals surface area contributed by atoms with Crippen molar-refractivity contribution in [2.75, 3.05) is 32.5 Å². The molecule has 20 heavy (non-hydrogen) atoms. The Balaban J connectivity index is 2.03. The predicted octanol–water partition coefficient (Wildman–Crippen LogP) is 2.04. The van der Waals surface area contributed by atoms with Gasteiger partial charge in [-0.1, -0.05) is 0 Å². The number of hydrogen-bond acceptors (Lipinski definition) is 5. The van der Waals surface area contributed by atoms with Gasteiger partial charge in [0, 0.05) is 18.8 Å². The molecule has 1 aromatic heterocycles. The molecule has 0 bridgehead atoms. The van der Waals surface area contributed by atoms with Crippen molar-refractivity contribution >= 4 is 33.3 Å². The van der Waals surface area contributed by atoms with Crippen molar-refractivity contribution in [1.29, 1.82) is 0 Å². The van der Waals surface area contributed by atoms with E-state index in [1.165, 1.54) is 11.3 Å². The number of thiazole rings is 1. The van der Waals surface area contributed by atoms with Crippen LogP contribution in [-0.4, -0.2) is 48.3 Å². The summed E-state index contributed by atoms with van der Waals surface area (Å²) < 4.78 is 1.06. The molecule has 0 atom stereocenters. The highest BCUT2D eigenvalue weighted by Crippen LogP contribution is 2.25. The van der Waals surface area contributed by atoms with Gasteiger partial charge in [0.1, 0.15) is 5.01 Å². The Kier molecular flexibility index (Phi) is 4.75. The number of nitrogens with zero attached hydrogens (tertiary/aromatic N) is 2. The molecule has 0 saturated heterocycles. The molecule has 0 spiro atoms. The number of carbonyl (C=O) groups is 1. The van der Waals surface area contributed by atoms with E-state index in [9.17, 15) is 4.79 Å². The molecule has 1 amide bonds. The van der Waals surface area contributed by atoms with Crippen molar-refractivity contribution < 1.29 is 9.90 Å². The van der Waals surface area contributed by atoms with Gasteiger partial charge in [-0.05, 0) is 32.3 Å². The molecule has 6 nitrogen and oxygen atoms in total. The van der Waals surface area contributed by atoms with Crippen LogP contribution >= 0.6 is 11.3 Å². The van der Waals surface area contributed by atoms with E-state index in [2.05, 4.69) is 20.5 Å². The molecular weight excluding hydrogens is 276 g/mol. The Hall–Kier alpha value is -1.86. The molecule has 7 heteroatoms. The SMILES string of the molecule is CN(C)CCNc1ccc2nc(CNC(=O)O)sc2c1. The number of benzene rings is 1. The Morgan fingerprint density at radius 3 is 2.95 bits per heavy atom. The maximum absolute atomic E-state index is 10.5. The van der Waals surface area contributed by atoms with E-state index in [1.807, 2.05) is 32.3 Å². The lowest BCUT2D eigenvalue weighted by Gasteiger charge is -2.11. The molecule has 0 fully saturated rings. The largest absolute Gasteiger partial charge is 0.465 e. The van der Waals surface area contributed by atoms with Crippen molar-refractivity contribution in [3.05, 3.63) is 23.2 Å². The molecule has 2 aromatic rings. The fourth-order valence-electron chi connectivity index (χ4n) is 1.73. The van der Waals surface area contributed by atoms with Gasteiger partial charge in [-0.2, -0.15) is 0 Å². The zero-order chi connectivity index (χ0) is 14.5. The van der Waals surface area contributed by atoms with Gasteiger partial charge < -0.3 is 20.6 Å². The summed E-state index contributed by atoms with van der Waals surface area (Å²) in [6.07, 6.45) is -1.03. The first-order chi connectivity index (χ1) is 9.54. The number of fused-ring (bicyclic) bond motifs is 1. The third kappa shape index (κ3) is 4.07. The Morgan fingerprint density at radius 1 is 1.45 bits per heavy atom. The zero-order valence-electron chi connectivity index (χ0n) is 11.5. The van der Waals surface area contributed by atoms with Gasteiger partial charge in [0.2, 0.25) is 0 Å². The van der Waals surface area contributed by atoms with E-state index in [-0.39, 0.29) is 6.54 Å². The first-order valence-corrected chi connectivity index (χ1v) is 7.11. The van der Waals surface area contributed by atoms with Crippen LogP contribution in [0, 0.1) is 0 Å². The number of anilines is 1. The average Bonchev–Trinajstić information content (AvgIpc) is 2.78. The lowest BCUT2D eigenvalue weighted by molar-refractivity contribution is 0.194. The second-order valence-electron chi connectivity index (χ2n) is 4.68. The van der Waals surface area contributed by atoms with E-state index >= 15 is 0 Å². The Morgan fingerprint density at radius 2 is 2.25 bits per heavy atom. The molecule has 1 heterocycles. The van der Waals surface area contributed by atoms with Gasteiger partial charge in [0.25, 0.3) is 0 Å². The van der Waals surface area contributed by atoms with E-state index in [0.717, 1.165) is 34.0 Å². The summed E-state index contributed by atoms with van der Waals surface area (Å²) in [7, 11) is 4.07. The highest BCUT2D eigenvalue weighted by Gasteiger charge is 2.06. The summed E-state index contributed by atoms with van der Waals surface area (Å²) in [4.78, 5) is 17.0. The van der Waals surface area contributed by atoms with Crippen molar-refractivity contribution in [1.82, 2.24) is 15.2 Å². The van der Waals surface area contributed by atoms with Crippen molar-refractivity contribution in [3.8, 4) is 0 Å². The summed E-state index contributed by atoms with van der Waals surface area (Å²) in [5.74, 6) is 0. The van der Waals surface area contributed by atoms with Crippen LogP contribution in [0.5, 0.6) is 0 Å². The van der Waals surface area contributed by atoms with E-state index in [0.29, 0.717) is 0 Å². The molecule has 0 radical (unpaired) electrons. The number of nitrogens with one attached hydrogen (secondary N) is 2. The zero-order valence-corrected chi connectivity index (χ0v) is 12.3. The molecule has 3 N–H and O–H groups in total. The fraction of sp³-hybridized carbons (Fsp3) is 0.385. The van der Waals surface area contributed by atoms with Gasteiger partial charge in [-0.15, -0.1) is 11.3 Å². The third-order valence-electron chi connectivity index (χ3n) is 2.71. The van der Waals surface area contributed by atoms with Crippen LogP contribution in [0.25, 0.3) is 10.2 Å². The highest BCUT2D eigenvalue weighted by atomic mass is 32.1. The molecule has 0 saturated carbocycles. The standard InChI is InChI=1S/C13H18N4O2S/c1-17(2)6-5-14-9-3-4-10-11(7-9)20-12(16-10)8-15-13(18)19/h3-4,7,14-15H,5-6,8H2,1-2H3,(H,18,19). The smallest absolute Gasteiger partial charge is 0.405 e. The summed E-state index contributed by atoms with van der Waals surface area (Å²) in [5.41, 5.74) is 1.95. The Labute approximate surface area is 121 Å². The van der Waals surface area contributed by atoms with Crippen LogP contribution in [0.2, 0.25) is 0 Å². The van der Waals surface area contributed by atoms with Gasteiger partial charge in [0.15, 0.2) is 0 Å². The van der Waals surface area contributed by atoms with Crippen LogP contribution in [0.15, 0.2) is 18.2 Å². The molecule has 0 aliphatic heterocycles. The number of carboxylic acid groups (broad SMARTS) is 1. The monoisotopic (exact) mass is 294 g/mol. The van der Waals surface area contributed by atoms with Gasteiger partial charge in [-0.25, -0.2) is 9.78 Å². The van der Waals surface area contributed by atoms with E-state index in [4.69, 9.17) is 5.11 Å². The number of aromatic nitrogens is 1. The first kappa shape index (κ1) is 14.5. The van der Waals surface area contributed by atoms with Crippen LogP contribution in [0.4, 0.5) is 10.5 Å². The normalized spacial score (nSPS) is 10.9. The molecule has 108 valence electrons. The van der Waals surface area contributed by atoms with Crippen molar-refractivity contribution in [2.45, 2.75) is 6.54 Å². The van der Waals surface area contributed by atoms with Gasteiger partial charge in [-0.3, -0.25) is 0 Å². The number of amides is 1. The topological polar surface area (TPSA) is 77.5 Å². The number of hydrogen-bond donors (Lipinski definition) is 3. The molecule has 0 aliphatic rings. The Bertz CT molecular complexity index is 597. The molecule has 0 unspecified atom stereocenters. The summed E-state index contributed by atoms with van der Waals surface area (Å²) >= 11 is 1.51. The number of rotatable bonds is 6. The van der Waals surface area contributed by atoms with E-state index < -0.39 is 6.09 Å². The minimum absolute atomic E-state index is 0.248. The summed E-state index contributed by atoms with van der Waals surface area (Å²) in [6.45, 7) is 2.09. The summed E-state index contributed by atoms with van der Waals surface area (Å²) in [6, 6.07) is 5.99. The second-order valence-corrected chi connectivity index (χ2v) is 5.79. The molecule has 0 aliphatic carbocycles. The minimum atomic E-state index is -1.03. The fourth-order valence-corrected chi connectivity index (χ4v) is 2.68. The van der Waals surface area contributed by atoms with Crippen LogP contribution < -0.4 is 10.6 Å².